The average Bonchev–Trinajstić information content (AvgIpc) is 2.95. The topological polar surface area (TPSA) is 42.2 Å². The molecule has 5 heteroatoms. The fourth-order valence-electron chi connectivity index (χ4n) is 2.53. The van der Waals surface area contributed by atoms with Crippen LogP contribution >= 0.6 is 15.9 Å². The second kappa shape index (κ2) is 5.85. The Morgan fingerprint density at radius 2 is 1.87 bits per heavy atom. The average molecular weight is 365 g/mol. The van der Waals surface area contributed by atoms with Crippen LogP contribution in [0.5, 0.6) is 0 Å². The summed E-state index contributed by atoms with van der Waals surface area (Å²) in [6, 6.07) is 18.2. The van der Waals surface area contributed by atoms with Crippen molar-refractivity contribution in [1.29, 1.82) is 0 Å². The molecule has 2 heterocycles. The first kappa shape index (κ1) is 14.0. The van der Waals surface area contributed by atoms with Crippen molar-refractivity contribution in [2.75, 3.05) is 5.32 Å². The quantitative estimate of drug-likeness (QED) is 0.561. The molecule has 0 atom stereocenters. The van der Waals surface area contributed by atoms with E-state index in [0.29, 0.717) is 0 Å². The van der Waals surface area contributed by atoms with Gasteiger partial charge in [0.15, 0.2) is 5.65 Å². The zero-order chi connectivity index (χ0) is 15.6. The van der Waals surface area contributed by atoms with Gasteiger partial charge in [0.1, 0.15) is 11.5 Å². The molecule has 0 aliphatic heterocycles. The Balaban J connectivity index is 1.89. The van der Waals surface area contributed by atoms with Crippen molar-refractivity contribution in [3.05, 3.63) is 77.7 Å². The molecule has 23 heavy (non-hydrogen) atoms. The number of hydrogen-bond acceptors (Lipinski definition) is 3. The first-order valence-electron chi connectivity index (χ1n) is 7.21. The van der Waals surface area contributed by atoms with Crippen molar-refractivity contribution in [1.82, 2.24) is 14.4 Å². The minimum Gasteiger partial charge on any atom is -0.339 e. The molecule has 4 nitrogen and oxygen atoms in total. The molecule has 0 saturated heterocycles. The van der Waals surface area contributed by atoms with Crippen molar-refractivity contribution in [2.45, 2.75) is 0 Å². The third kappa shape index (κ3) is 2.71. The summed E-state index contributed by atoms with van der Waals surface area (Å²) in [6.07, 6.45) is 5.43. The maximum absolute atomic E-state index is 4.73. The van der Waals surface area contributed by atoms with Gasteiger partial charge in [-0.15, -0.1) is 0 Å². The highest BCUT2D eigenvalue weighted by atomic mass is 79.9. The molecule has 0 bridgehead atoms. The lowest BCUT2D eigenvalue weighted by molar-refractivity contribution is 1.13. The normalized spacial score (nSPS) is 10.8. The first-order chi connectivity index (χ1) is 11.3. The lowest BCUT2D eigenvalue weighted by Crippen LogP contribution is -1.97. The van der Waals surface area contributed by atoms with Gasteiger partial charge in [-0.25, -0.2) is 4.98 Å². The zero-order valence-electron chi connectivity index (χ0n) is 12.1. The third-order valence-corrected chi connectivity index (χ3v) is 4.06. The molecule has 0 unspecified atom stereocenters. The summed E-state index contributed by atoms with van der Waals surface area (Å²) >= 11 is 3.51. The van der Waals surface area contributed by atoms with E-state index in [9.17, 15) is 0 Å². The molecule has 0 saturated carbocycles. The fraction of sp³-hybridized carbons (Fsp3) is 0. The molecule has 0 spiro atoms. The molecule has 112 valence electrons. The number of fused-ring (bicyclic) bond motifs is 1. The van der Waals surface area contributed by atoms with E-state index in [2.05, 4.69) is 38.4 Å². The molecular formula is C18H13BrN4. The van der Waals surface area contributed by atoms with Crippen LogP contribution in [-0.2, 0) is 0 Å². The van der Waals surface area contributed by atoms with E-state index >= 15 is 0 Å². The minimum atomic E-state index is 0.809. The van der Waals surface area contributed by atoms with Crippen molar-refractivity contribution >= 4 is 33.1 Å². The van der Waals surface area contributed by atoms with Crippen LogP contribution in [0.25, 0.3) is 16.9 Å². The van der Waals surface area contributed by atoms with Crippen LogP contribution < -0.4 is 5.32 Å². The first-order valence-corrected chi connectivity index (χ1v) is 8.01. The Morgan fingerprint density at radius 3 is 2.70 bits per heavy atom. The Labute approximate surface area is 142 Å². The van der Waals surface area contributed by atoms with E-state index in [4.69, 9.17) is 4.98 Å². The monoisotopic (exact) mass is 364 g/mol. The van der Waals surface area contributed by atoms with Gasteiger partial charge in [0.2, 0.25) is 0 Å². The smallest absolute Gasteiger partial charge is 0.157 e. The molecular weight excluding hydrogens is 352 g/mol. The Hall–Kier alpha value is -2.66. The SMILES string of the molecule is Brc1cccc(Nc2c(-c3ccccc3)nc3cnccn23)c1. The van der Waals surface area contributed by atoms with Crippen molar-refractivity contribution in [3.8, 4) is 11.3 Å². The van der Waals surface area contributed by atoms with Gasteiger partial charge >= 0.3 is 0 Å². The van der Waals surface area contributed by atoms with E-state index in [-0.39, 0.29) is 0 Å². The van der Waals surface area contributed by atoms with Gasteiger partial charge in [-0.3, -0.25) is 9.38 Å². The zero-order valence-corrected chi connectivity index (χ0v) is 13.7. The highest BCUT2D eigenvalue weighted by molar-refractivity contribution is 9.10. The second-order valence-corrected chi connectivity index (χ2v) is 6.03. The number of benzene rings is 2. The number of nitrogens with one attached hydrogen (secondary N) is 1. The van der Waals surface area contributed by atoms with Crippen LogP contribution in [0.1, 0.15) is 0 Å². The second-order valence-electron chi connectivity index (χ2n) is 5.11. The molecule has 0 aliphatic carbocycles. The molecule has 4 rings (SSSR count). The molecule has 4 aromatic rings. The predicted octanol–water partition coefficient (Wildman–Crippen LogP) is 4.90. The molecule has 0 fully saturated rings. The van der Waals surface area contributed by atoms with Gasteiger partial charge in [-0.05, 0) is 18.2 Å². The van der Waals surface area contributed by atoms with Crippen LogP contribution in [0.4, 0.5) is 11.5 Å². The van der Waals surface area contributed by atoms with Gasteiger partial charge in [-0.1, -0.05) is 52.3 Å². The summed E-state index contributed by atoms with van der Waals surface area (Å²) in [5.41, 5.74) is 3.77. The maximum atomic E-state index is 4.73. The summed E-state index contributed by atoms with van der Waals surface area (Å²) in [7, 11) is 0. The minimum absolute atomic E-state index is 0.809. The van der Waals surface area contributed by atoms with Gasteiger partial charge in [-0.2, -0.15) is 0 Å². The summed E-state index contributed by atoms with van der Waals surface area (Å²) in [5.74, 6) is 0.923. The molecule has 0 amide bonds. The van der Waals surface area contributed by atoms with Crippen LogP contribution in [0.15, 0.2) is 77.7 Å². The Bertz CT molecular complexity index is 963. The number of imidazole rings is 1. The molecule has 1 N–H and O–H groups in total. The number of halogens is 1. The van der Waals surface area contributed by atoms with Gasteiger partial charge in [0.05, 0.1) is 6.20 Å². The molecule has 2 aromatic carbocycles. The number of hydrogen-bond donors (Lipinski definition) is 1. The summed E-state index contributed by atoms with van der Waals surface area (Å²) in [5, 5.41) is 3.48. The third-order valence-electron chi connectivity index (χ3n) is 3.56. The van der Waals surface area contributed by atoms with Gasteiger partial charge < -0.3 is 5.32 Å². The molecule has 2 aromatic heterocycles. The van der Waals surface area contributed by atoms with Crippen LogP contribution in [0.3, 0.4) is 0 Å². The fourth-order valence-corrected chi connectivity index (χ4v) is 2.93. The number of aromatic nitrogens is 3. The highest BCUT2D eigenvalue weighted by Crippen LogP contribution is 2.31. The highest BCUT2D eigenvalue weighted by Gasteiger charge is 2.14. The van der Waals surface area contributed by atoms with Gasteiger partial charge in [0.25, 0.3) is 0 Å². The lowest BCUT2D eigenvalue weighted by Gasteiger charge is -2.09. The van der Waals surface area contributed by atoms with Crippen molar-refractivity contribution in [2.24, 2.45) is 0 Å². The van der Waals surface area contributed by atoms with Crippen LogP contribution in [0, 0.1) is 0 Å². The van der Waals surface area contributed by atoms with Crippen molar-refractivity contribution < 1.29 is 0 Å². The van der Waals surface area contributed by atoms with Crippen LogP contribution in [-0.4, -0.2) is 14.4 Å². The number of anilines is 2. The van der Waals surface area contributed by atoms with E-state index in [0.717, 1.165) is 32.9 Å². The number of rotatable bonds is 3. The molecule has 0 radical (unpaired) electrons. The maximum Gasteiger partial charge on any atom is 0.157 e. The summed E-state index contributed by atoms with van der Waals surface area (Å²) in [6.45, 7) is 0. The molecule has 0 aliphatic rings. The predicted molar refractivity (Wildman–Crippen MR) is 95.8 cm³/mol. The van der Waals surface area contributed by atoms with E-state index in [1.807, 2.05) is 53.1 Å². The van der Waals surface area contributed by atoms with E-state index in [1.54, 1.807) is 12.4 Å². The standard InChI is InChI=1S/C18H13BrN4/c19-14-7-4-8-15(11-14)21-18-17(13-5-2-1-3-6-13)22-16-12-20-9-10-23(16)18/h1-12,21H. The Morgan fingerprint density at radius 1 is 1.00 bits per heavy atom. The van der Waals surface area contributed by atoms with Crippen molar-refractivity contribution in [3.63, 3.8) is 0 Å². The summed E-state index contributed by atoms with van der Waals surface area (Å²) < 4.78 is 3.04. The number of nitrogens with zero attached hydrogens (tertiary/aromatic N) is 3. The van der Waals surface area contributed by atoms with E-state index in [1.165, 1.54) is 0 Å². The van der Waals surface area contributed by atoms with Crippen LogP contribution in [0.2, 0.25) is 0 Å². The van der Waals surface area contributed by atoms with Gasteiger partial charge in [0, 0.05) is 28.1 Å². The Kier molecular flexibility index (Phi) is 3.55. The largest absolute Gasteiger partial charge is 0.339 e. The summed E-state index contributed by atoms with van der Waals surface area (Å²) in [4.78, 5) is 8.89. The lowest BCUT2D eigenvalue weighted by atomic mass is 10.1. The van der Waals surface area contributed by atoms with E-state index < -0.39 is 0 Å².